The van der Waals surface area contributed by atoms with Crippen molar-refractivity contribution in [3.05, 3.63) is 53.1 Å². The zero-order valence-corrected chi connectivity index (χ0v) is 11.2. The van der Waals surface area contributed by atoms with E-state index in [4.69, 9.17) is 9.47 Å². The molecule has 22 heavy (non-hydrogen) atoms. The second-order valence-corrected chi connectivity index (χ2v) is 4.83. The first-order valence-electron chi connectivity index (χ1n) is 6.52. The van der Waals surface area contributed by atoms with Crippen molar-refractivity contribution in [1.82, 2.24) is 0 Å². The highest BCUT2D eigenvalue weighted by atomic mass is 16.7. The first-order valence-corrected chi connectivity index (χ1v) is 6.52. The van der Waals surface area contributed by atoms with Crippen molar-refractivity contribution >= 4 is 17.5 Å². The third-order valence-electron chi connectivity index (χ3n) is 3.65. The highest BCUT2D eigenvalue weighted by Crippen LogP contribution is 2.40. The molecule has 106 valence electrons. The molecule has 0 aliphatic carbocycles. The quantitative estimate of drug-likeness (QED) is 0.752. The minimum absolute atomic E-state index is 0.0474. The van der Waals surface area contributed by atoms with Crippen LogP contribution in [0.1, 0.15) is 26.3 Å². The summed E-state index contributed by atoms with van der Waals surface area (Å²) in [5, 5.41) is 9.30. The van der Waals surface area contributed by atoms with Gasteiger partial charge in [0.25, 0.3) is 11.8 Å². The molecule has 0 fully saturated rings. The molecule has 0 saturated heterocycles. The topological polar surface area (TPSA) is 79.6 Å². The van der Waals surface area contributed by atoms with Crippen molar-refractivity contribution < 1.29 is 19.1 Å². The van der Waals surface area contributed by atoms with Gasteiger partial charge in [0.15, 0.2) is 11.5 Å². The van der Waals surface area contributed by atoms with Gasteiger partial charge in [-0.15, -0.1) is 0 Å². The van der Waals surface area contributed by atoms with E-state index < -0.39 is 11.8 Å². The summed E-state index contributed by atoms with van der Waals surface area (Å²) in [6.07, 6.45) is 0. The fraction of sp³-hybridized carbons (Fsp3) is 0.0625. The van der Waals surface area contributed by atoms with E-state index in [1.807, 2.05) is 6.07 Å². The van der Waals surface area contributed by atoms with Crippen LogP contribution < -0.4 is 14.4 Å². The zero-order valence-electron chi connectivity index (χ0n) is 11.2. The summed E-state index contributed by atoms with van der Waals surface area (Å²) in [6.45, 7) is 0.0474. The molecule has 4 rings (SSSR count). The lowest BCUT2D eigenvalue weighted by Gasteiger charge is -2.16. The molecule has 2 aliphatic rings. The normalized spacial score (nSPS) is 15.0. The Bertz CT molecular complexity index is 847. The van der Waals surface area contributed by atoms with Gasteiger partial charge in [0, 0.05) is 12.1 Å². The van der Waals surface area contributed by atoms with Crippen LogP contribution in [0.5, 0.6) is 11.5 Å². The minimum atomic E-state index is -0.448. The Morgan fingerprint density at radius 3 is 2.18 bits per heavy atom. The maximum atomic E-state index is 12.5. The number of ether oxygens (including phenoxy) is 2. The monoisotopic (exact) mass is 292 g/mol. The third kappa shape index (κ3) is 1.53. The average molecular weight is 292 g/mol. The van der Waals surface area contributed by atoms with E-state index in [2.05, 4.69) is 0 Å². The van der Waals surface area contributed by atoms with E-state index in [0.717, 1.165) is 4.90 Å². The molecule has 6 nitrogen and oxygen atoms in total. The molecule has 0 spiro atoms. The van der Waals surface area contributed by atoms with Crippen molar-refractivity contribution in [1.29, 1.82) is 5.26 Å². The van der Waals surface area contributed by atoms with Crippen molar-refractivity contribution in [2.75, 3.05) is 11.7 Å². The highest BCUT2D eigenvalue weighted by Gasteiger charge is 2.38. The van der Waals surface area contributed by atoms with Gasteiger partial charge in [0.05, 0.1) is 22.4 Å². The van der Waals surface area contributed by atoms with E-state index in [-0.39, 0.29) is 18.0 Å². The fourth-order valence-corrected chi connectivity index (χ4v) is 2.61. The van der Waals surface area contributed by atoms with Crippen LogP contribution in [0.15, 0.2) is 36.4 Å². The Kier molecular flexibility index (Phi) is 2.44. The summed E-state index contributed by atoms with van der Waals surface area (Å²) < 4.78 is 10.5. The number of benzene rings is 2. The maximum absolute atomic E-state index is 12.5. The summed E-state index contributed by atoms with van der Waals surface area (Å²) in [5.74, 6) is -0.0607. The third-order valence-corrected chi connectivity index (χ3v) is 3.65. The fourth-order valence-electron chi connectivity index (χ4n) is 2.61. The average Bonchev–Trinajstić information content (AvgIpc) is 3.10. The predicted molar refractivity (Wildman–Crippen MR) is 74.9 cm³/mol. The van der Waals surface area contributed by atoms with Gasteiger partial charge in [-0.3, -0.25) is 9.59 Å². The summed E-state index contributed by atoms with van der Waals surface area (Å²) >= 11 is 0. The van der Waals surface area contributed by atoms with Gasteiger partial charge in [-0.05, 0) is 12.1 Å². The summed E-state index contributed by atoms with van der Waals surface area (Å²) in [5.41, 5.74) is 1.04. The molecule has 2 aliphatic heterocycles. The number of hydrogen-bond donors (Lipinski definition) is 0. The Hall–Kier alpha value is -3.33. The molecular weight excluding hydrogens is 284 g/mol. The molecule has 2 aromatic carbocycles. The predicted octanol–water partition coefficient (Wildman–Crippen LogP) is 2.09. The number of fused-ring (bicyclic) bond motifs is 2. The Labute approximate surface area is 125 Å². The van der Waals surface area contributed by atoms with Crippen LogP contribution in [0.25, 0.3) is 0 Å². The molecule has 0 aromatic heterocycles. The molecule has 0 bridgehead atoms. The van der Waals surface area contributed by atoms with Crippen LogP contribution in [0.3, 0.4) is 0 Å². The Morgan fingerprint density at radius 1 is 1.00 bits per heavy atom. The number of carbonyl (C=O) groups is 2. The first-order chi connectivity index (χ1) is 10.7. The number of imide groups is 1. The number of amides is 2. The smallest absolute Gasteiger partial charge is 0.266 e. The molecule has 2 heterocycles. The van der Waals surface area contributed by atoms with Crippen LogP contribution in [0.4, 0.5) is 5.69 Å². The zero-order chi connectivity index (χ0) is 15.3. The van der Waals surface area contributed by atoms with Gasteiger partial charge < -0.3 is 9.47 Å². The number of carbonyl (C=O) groups excluding carboxylic acids is 2. The first kappa shape index (κ1) is 12.4. The SMILES string of the molecule is N#Cc1cc2c(cc1N1C(=O)c3ccccc3C1=O)OCO2. The lowest BCUT2D eigenvalue weighted by atomic mass is 10.1. The number of nitrogens with zero attached hydrogens (tertiary/aromatic N) is 2. The van der Waals surface area contributed by atoms with Gasteiger partial charge >= 0.3 is 0 Å². The maximum Gasteiger partial charge on any atom is 0.266 e. The number of rotatable bonds is 1. The van der Waals surface area contributed by atoms with Gasteiger partial charge in [-0.2, -0.15) is 5.26 Å². The molecule has 0 radical (unpaired) electrons. The molecule has 6 heteroatoms. The van der Waals surface area contributed by atoms with Crippen LogP contribution in [0.2, 0.25) is 0 Å². The number of hydrogen-bond acceptors (Lipinski definition) is 5. The molecule has 0 saturated carbocycles. The van der Waals surface area contributed by atoms with E-state index in [1.165, 1.54) is 12.1 Å². The Balaban J connectivity index is 1.89. The number of nitriles is 1. The summed E-state index contributed by atoms with van der Waals surface area (Å²) in [6, 6.07) is 11.5. The molecule has 0 N–H and O–H groups in total. The van der Waals surface area contributed by atoms with Crippen LogP contribution >= 0.6 is 0 Å². The van der Waals surface area contributed by atoms with Crippen LogP contribution in [0, 0.1) is 11.3 Å². The largest absolute Gasteiger partial charge is 0.454 e. The summed E-state index contributed by atoms with van der Waals surface area (Å²) in [4.78, 5) is 26.0. The highest BCUT2D eigenvalue weighted by molar-refractivity contribution is 6.34. The summed E-state index contributed by atoms with van der Waals surface area (Å²) in [7, 11) is 0. The van der Waals surface area contributed by atoms with Crippen molar-refractivity contribution in [2.24, 2.45) is 0 Å². The second kappa shape index (κ2) is 4.33. The van der Waals surface area contributed by atoms with Crippen LogP contribution in [-0.4, -0.2) is 18.6 Å². The van der Waals surface area contributed by atoms with Gasteiger partial charge in [0.1, 0.15) is 6.07 Å². The van der Waals surface area contributed by atoms with E-state index >= 15 is 0 Å². The van der Waals surface area contributed by atoms with Crippen molar-refractivity contribution in [3.8, 4) is 17.6 Å². The molecule has 0 unspecified atom stereocenters. The van der Waals surface area contributed by atoms with E-state index in [1.54, 1.807) is 24.3 Å². The molecule has 2 amide bonds. The van der Waals surface area contributed by atoms with Gasteiger partial charge in [0.2, 0.25) is 6.79 Å². The van der Waals surface area contributed by atoms with Crippen molar-refractivity contribution in [2.45, 2.75) is 0 Å². The van der Waals surface area contributed by atoms with Gasteiger partial charge in [-0.1, -0.05) is 12.1 Å². The molecule has 0 atom stereocenters. The van der Waals surface area contributed by atoms with E-state index in [9.17, 15) is 14.9 Å². The second-order valence-electron chi connectivity index (χ2n) is 4.83. The van der Waals surface area contributed by atoms with Crippen LogP contribution in [-0.2, 0) is 0 Å². The van der Waals surface area contributed by atoms with Crippen molar-refractivity contribution in [3.63, 3.8) is 0 Å². The van der Waals surface area contributed by atoms with Gasteiger partial charge in [-0.25, -0.2) is 4.90 Å². The number of anilines is 1. The standard InChI is InChI=1S/C16H8N2O4/c17-7-9-5-13-14(22-8-21-13)6-12(9)18-15(19)10-3-1-2-4-11(10)16(18)20/h1-6H,8H2. The lowest BCUT2D eigenvalue weighted by molar-refractivity contribution is 0.0926. The minimum Gasteiger partial charge on any atom is -0.454 e. The molecular formula is C16H8N2O4. The van der Waals surface area contributed by atoms with E-state index in [0.29, 0.717) is 22.6 Å². The lowest BCUT2D eigenvalue weighted by Crippen LogP contribution is -2.30. The Morgan fingerprint density at radius 2 is 1.59 bits per heavy atom. The molecule has 2 aromatic rings.